The molecule has 0 aliphatic carbocycles. The number of carbonyl (C=O) groups excluding carboxylic acids is 2. The van der Waals surface area contributed by atoms with Gasteiger partial charge in [0.05, 0.1) is 24.2 Å². The molecule has 0 unspecified atom stereocenters. The average molecular weight is 365 g/mol. The molecule has 0 saturated carbocycles. The van der Waals surface area contributed by atoms with Gasteiger partial charge in [-0.3, -0.25) is 4.79 Å². The minimum atomic E-state index is -4.22. The van der Waals surface area contributed by atoms with E-state index in [2.05, 4.69) is 0 Å². The van der Waals surface area contributed by atoms with Gasteiger partial charge in [-0.05, 0) is 12.8 Å². The van der Waals surface area contributed by atoms with E-state index in [-0.39, 0.29) is 19.4 Å². The van der Waals surface area contributed by atoms with E-state index in [1.807, 2.05) is 0 Å². The number of hydrogen-bond acceptors (Lipinski definition) is 7. The van der Waals surface area contributed by atoms with Crippen LogP contribution in [0.2, 0.25) is 0 Å². The van der Waals surface area contributed by atoms with Crippen molar-refractivity contribution in [2.24, 2.45) is 11.5 Å². The molecule has 0 bridgehead atoms. The van der Waals surface area contributed by atoms with Gasteiger partial charge in [0, 0.05) is 7.79 Å². The zero-order valence-electron chi connectivity index (χ0n) is 15.2. The Hall–Kier alpha value is -1.19. The number of hydrogen-bond donors (Lipinski definition) is 2. The van der Waals surface area contributed by atoms with Crippen molar-refractivity contribution in [1.29, 1.82) is 0 Å². The quantitative estimate of drug-likeness (QED) is 0.406. The Balaban J connectivity index is 3.08. The summed E-state index contributed by atoms with van der Waals surface area (Å²) >= 11 is 0. The van der Waals surface area contributed by atoms with Crippen LogP contribution in [-0.2, 0) is 28.9 Å². The molecule has 1 amide bonds. The zero-order chi connectivity index (χ0) is 19.3. The number of carbonyl (C=O) groups is 2. The lowest BCUT2D eigenvalue weighted by atomic mass is 10.0. The molecule has 24 heavy (non-hydrogen) atoms. The van der Waals surface area contributed by atoms with Crippen molar-refractivity contribution in [3.63, 3.8) is 0 Å². The molecule has 1 aliphatic heterocycles. The van der Waals surface area contributed by atoms with E-state index in [0.29, 0.717) is 25.9 Å². The third kappa shape index (κ3) is 5.15. The number of primary amides is 1. The minimum Gasteiger partial charge on any atom is -0.458 e. The fourth-order valence-corrected chi connectivity index (χ4v) is 4.58. The predicted molar refractivity (Wildman–Crippen MR) is 88.8 cm³/mol. The maximum Gasteiger partial charge on any atom is 0.337 e. The van der Waals surface area contributed by atoms with Crippen molar-refractivity contribution < 1.29 is 28.9 Å². The lowest BCUT2D eigenvalue weighted by molar-refractivity contribution is -0.157. The number of sulfone groups is 1. The molecule has 1 aliphatic rings. The van der Waals surface area contributed by atoms with E-state index in [9.17, 15) is 18.0 Å². The molecule has 1 rings (SSSR count). The smallest absolute Gasteiger partial charge is 0.337 e. The summed E-state index contributed by atoms with van der Waals surface area (Å²) in [6.07, 6.45) is 0.903. The number of esters is 1. The second-order valence-corrected chi connectivity index (χ2v) is 8.12. The van der Waals surface area contributed by atoms with Crippen LogP contribution < -0.4 is 11.5 Å². The van der Waals surface area contributed by atoms with Gasteiger partial charge in [0.15, 0.2) is 9.84 Å². The first kappa shape index (κ1) is 19.1. The van der Waals surface area contributed by atoms with Crippen LogP contribution in [0.3, 0.4) is 0 Å². The minimum absolute atomic E-state index is 0.0729. The summed E-state index contributed by atoms with van der Waals surface area (Å²) in [6.45, 7) is 4.06. The van der Waals surface area contributed by atoms with Crippen molar-refractivity contribution >= 4 is 21.7 Å². The molecule has 0 radical (unpaired) electrons. The van der Waals surface area contributed by atoms with E-state index in [1.54, 1.807) is 13.8 Å². The van der Waals surface area contributed by atoms with E-state index in [0.717, 1.165) is 0 Å². The maximum absolute atomic E-state index is 12.8. The SMILES string of the molecule is [2H]C(CCC)(CCC)S(=O)(=O)C[C@](N)(C(N)=O)C(=O)O[C@@H]1CCOC1. The highest BCUT2D eigenvalue weighted by Crippen LogP contribution is 2.21. The Morgan fingerprint density at radius 2 is 1.96 bits per heavy atom. The van der Waals surface area contributed by atoms with Gasteiger partial charge < -0.3 is 20.9 Å². The van der Waals surface area contributed by atoms with E-state index in [1.165, 1.54) is 0 Å². The van der Waals surface area contributed by atoms with E-state index in [4.69, 9.17) is 22.3 Å². The van der Waals surface area contributed by atoms with Crippen molar-refractivity contribution in [2.75, 3.05) is 19.0 Å². The first-order valence-corrected chi connectivity index (χ1v) is 9.77. The van der Waals surface area contributed by atoms with Crippen LogP contribution in [0.1, 0.15) is 47.3 Å². The van der Waals surface area contributed by atoms with Gasteiger partial charge in [-0.15, -0.1) is 0 Å². The summed E-state index contributed by atoms with van der Waals surface area (Å²) in [5, 5.41) is -1.83. The Bertz CT molecular complexity index is 585. The highest BCUT2D eigenvalue weighted by atomic mass is 32.2. The molecule has 8 nitrogen and oxygen atoms in total. The molecule has 1 saturated heterocycles. The van der Waals surface area contributed by atoms with Gasteiger partial charge in [-0.1, -0.05) is 26.7 Å². The van der Waals surface area contributed by atoms with Gasteiger partial charge in [0.2, 0.25) is 11.4 Å². The van der Waals surface area contributed by atoms with Crippen LogP contribution in [0.15, 0.2) is 0 Å². The first-order chi connectivity index (χ1) is 11.5. The van der Waals surface area contributed by atoms with Crippen molar-refractivity contribution in [1.82, 2.24) is 0 Å². The van der Waals surface area contributed by atoms with Gasteiger partial charge >= 0.3 is 5.97 Å². The Labute approximate surface area is 144 Å². The highest BCUT2D eigenvalue weighted by Gasteiger charge is 2.48. The van der Waals surface area contributed by atoms with Crippen LogP contribution in [0.4, 0.5) is 0 Å². The van der Waals surface area contributed by atoms with Gasteiger partial charge in [0.25, 0.3) is 0 Å². The molecular formula is C15H28N2O6S. The highest BCUT2D eigenvalue weighted by molar-refractivity contribution is 7.92. The summed E-state index contributed by atoms with van der Waals surface area (Å²) in [7, 11) is -4.22. The van der Waals surface area contributed by atoms with E-state index >= 15 is 0 Å². The Morgan fingerprint density at radius 3 is 2.38 bits per heavy atom. The fraction of sp³-hybridized carbons (Fsp3) is 0.867. The van der Waals surface area contributed by atoms with Crippen LogP contribution >= 0.6 is 0 Å². The first-order valence-electron chi connectivity index (χ1n) is 8.62. The largest absolute Gasteiger partial charge is 0.458 e. The second-order valence-electron chi connectivity index (χ2n) is 6.02. The van der Waals surface area contributed by atoms with Gasteiger partial charge in [-0.2, -0.15) is 0 Å². The maximum atomic E-state index is 12.8. The lowest BCUT2D eigenvalue weighted by Gasteiger charge is -2.27. The van der Waals surface area contributed by atoms with Crippen LogP contribution in [-0.4, -0.2) is 56.1 Å². The van der Waals surface area contributed by atoms with Crippen LogP contribution in [0.5, 0.6) is 0 Å². The number of rotatable bonds is 10. The van der Waals surface area contributed by atoms with Crippen LogP contribution in [0.25, 0.3) is 0 Å². The topological polar surface area (TPSA) is 139 Å². The Kier molecular flexibility index (Phi) is 7.00. The third-order valence-corrected chi connectivity index (χ3v) is 6.00. The summed E-state index contributed by atoms with van der Waals surface area (Å²) in [5.41, 5.74) is 8.48. The lowest BCUT2D eigenvalue weighted by Crippen LogP contribution is -2.64. The summed E-state index contributed by atoms with van der Waals surface area (Å²) in [6, 6.07) is 0. The van der Waals surface area contributed by atoms with Crippen LogP contribution in [0, 0.1) is 0 Å². The molecule has 0 aromatic rings. The normalized spacial score (nSPS) is 21.8. The molecule has 1 fully saturated rings. The standard InChI is InChI=1S/C15H28N2O6S/c1-3-5-12(6-4-2)24(20,21)10-15(17,13(16)18)14(19)23-11-7-8-22-9-11/h11-12H,3-10,17H2,1-2H3,(H2,16,18)/t11-,15+/m1/s1/i12D. The Morgan fingerprint density at radius 1 is 1.38 bits per heavy atom. The van der Waals surface area contributed by atoms with Crippen molar-refractivity contribution in [2.45, 2.75) is 62.8 Å². The third-order valence-electron chi connectivity index (χ3n) is 3.88. The summed E-state index contributed by atoms with van der Waals surface area (Å²) < 4.78 is 44.1. The number of amides is 1. The molecular weight excluding hydrogens is 336 g/mol. The second kappa shape index (κ2) is 8.77. The molecule has 4 N–H and O–H groups in total. The molecule has 1 heterocycles. The molecule has 0 aromatic carbocycles. The summed E-state index contributed by atoms with van der Waals surface area (Å²) in [5.74, 6) is -3.55. The van der Waals surface area contributed by atoms with E-state index < -0.39 is 44.3 Å². The molecule has 140 valence electrons. The molecule has 0 aromatic heterocycles. The predicted octanol–water partition coefficient (Wildman–Crippen LogP) is -0.115. The van der Waals surface area contributed by atoms with Gasteiger partial charge in [-0.25, -0.2) is 13.2 Å². The zero-order valence-corrected chi connectivity index (χ0v) is 15.1. The molecule has 9 heteroatoms. The molecule has 0 spiro atoms. The van der Waals surface area contributed by atoms with Crippen molar-refractivity contribution in [3.05, 3.63) is 0 Å². The monoisotopic (exact) mass is 365 g/mol. The fourth-order valence-electron chi connectivity index (χ4n) is 2.49. The number of ether oxygens (including phenoxy) is 2. The molecule has 2 atom stereocenters. The van der Waals surface area contributed by atoms with Crippen molar-refractivity contribution in [3.8, 4) is 0 Å². The summed E-state index contributed by atoms with van der Waals surface area (Å²) in [4.78, 5) is 24.1. The van der Waals surface area contributed by atoms with Gasteiger partial charge in [0.1, 0.15) is 6.10 Å². The number of nitrogens with two attached hydrogens (primary N) is 2. The average Bonchev–Trinajstić information content (AvgIpc) is 2.99.